The number of fused-ring (bicyclic) bond motifs is 1. The molecule has 0 aliphatic heterocycles. The van der Waals surface area contributed by atoms with E-state index in [2.05, 4.69) is 28.5 Å². The van der Waals surface area contributed by atoms with E-state index in [0.717, 1.165) is 52.0 Å². The summed E-state index contributed by atoms with van der Waals surface area (Å²) in [5.74, 6) is 5.51. The third-order valence-corrected chi connectivity index (χ3v) is 8.42. The summed E-state index contributed by atoms with van der Waals surface area (Å²) < 4.78 is 33.9. The molecule has 0 saturated heterocycles. The molecule has 0 aliphatic rings. The number of ether oxygens (including phenoxy) is 1. The van der Waals surface area contributed by atoms with Crippen LogP contribution < -0.4 is 9.46 Å². The van der Waals surface area contributed by atoms with E-state index in [9.17, 15) is 18.3 Å². The van der Waals surface area contributed by atoms with Crippen LogP contribution in [0.1, 0.15) is 36.5 Å². The molecular formula is C27H26N2O5S2. The number of rotatable bonds is 10. The van der Waals surface area contributed by atoms with Gasteiger partial charge in [0.1, 0.15) is 16.0 Å². The molecule has 0 amide bonds. The zero-order valence-corrected chi connectivity index (χ0v) is 21.3. The number of aromatic amines is 1. The molecule has 2 aromatic heterocycles. The van der Waals surface area contributed by atoms with E-state index < -0.39 is 22.0 Å². The average molecular weight is 523 g/mol. The number of unbranched alkanes of at least 4 members (excludes halogenated alkanes) is 1. The molecule has 186 valence electrons. The molecule has 0 radical (unpaired) electrons. The van der Waals surface area contributed by atoms with Crippen molar-refractivity contribution in [3.63, 3.8) is 0 Å². The Labute approximate surface area is 214 Å². The normalized spacial score (nSPS) is 12.1. The summed E-state index contributed by atoms with van der Waals surface area (Å²) in [6, 6.07) is 15.0. The fraction of sp³-hybridized carbons (Fsp3) is 0.222. The van der Waals surface area contributed by atoms with Crippen LogP contribution in [0.2, 0.25) is 0 Å². The lowest BCUT2D eigenvalue weighted by Gasteiger charge is -2.13. The molecule has 0 fully saturated rings. The molecule has 4 aromatic rings. The first kappa shape index (κ1) is 25.5. The summed E-state index contributed by atoms with van der Waals surface area (Å²) in [6.07, 6.45) is 3.78. The number of H-pyrrole nitrogens is 1. The number of aliphatic carboxylic acids is 1. The van der Waals surface area contributed by atoms with Crippen molar-refractivity contribution in [1.29, 1.82) is 0 Å². The quantitative estimate of drug-likeness (QED) is 0.205. The number of sulfonamides is 1. The molecular weight excluding hydrogens is 496 g/mol. The van der Waals surface area contributed by atoms with Crippen molar-refractivity contribution in [2.45, 2.75) is 36.4 Å². The summed E-state index contributed by atoms with van der Waals surface area (Å²) in [6.45, 7) is 2.78. The van der Waals surface area contributed by atoms with Crippen LogP contribution in [0.25, 0.3) is 10.9 Å². The van der Waals surface area contributed by atoms with Crippen molar-refractivity contribution in [2.24, 2.45) is 0 Å². The number of carboxylic acid groups (broad SMARTS) is 1. The van der Waals surface area contributed by atoms with Gasteiger partial charge in [-0.2, -0.15) is 4.72 Å². The number of hydrogen-bond acceptors (Lipinski definition) is 5. The lowest BCUT2D eigenvalue weighted by atomic mass is 10.1. The van der Waals surface area contributed by atoms with Crippen molar-refractivity contribution < 1.29 is 23.1 Å². The highest BCUT2D eigenvalue weighted by Crippen LogP contribution is 2.23. The van der Waals surface area contributed by atoms with Gasteiger partial charge in [0, 0.05) is 40.0 Å². The third kappa shape index (κ3) is 6.34. The molecule has 2 heterocycles. The van der Waals surface area contributed by atoms with Crippen LogP contribution in [0.15, 0.2) is 70.4 Å². The van der Waals surface area contributed by atoms with Crippen LogP contribution in [-0.4, -0.2) is 37.1 Å². The lowest BCUT2D eigenvalue weighted by Crippen LogP contribution is -2.42. The Hall–Kier alpha value is -3.58. The van der Waals surface area contributed by atoms with E-state index >= 15 is 0 Å². The van der Waals surface area contributed by atoms with E-state index in [1.165, 1.54) is 6.07 Å². The second-order valence-electron chi connectivity index (χ2n) is 8.21. The van der Waals surface area contributed by atoms with Gasteiger partial charge in [-0.15, -0.1) is 11.3 Å². The van der Waals surface area contributed by atoms with Crippen LogP contribution in [0, 0.1) is 11.8 Å². The lowest BCUT2D eigenvalue weighted by molar-refractivity contribution is -0.138. The fourth-order valence-electron chi connectivity index (χ4n) is 3.58. The van der Waals surface area contributed by atoms with Gasteiger partial charge in [-0.1, -0.05) is 43.4 Å². The Morgan fingerprint density at radius 2 is 1.89 bits per heavy atom. The molecule has 3 N–H and O–H groups in total. The molecule has 1 atom stereocenters. The van der Waals surface area contributed by atoms with E-state index in [4.69, 9.17) is 4.74 Å². The highest BCUT2D eigenvalue weighted by molar-refractivity contribution is 7.91. The molecule has 0 saturated carbocycles. The van der Waals surface area contributed by atoms with Gasteiger partial charge in [0.15, 0.2) is 0 Å². The standard InChI is InChI=1S/C27H26N2O5S2/c1-2-3-14-34-22-12-10-19(11-13-22)8-9-20-15-26(35-18-20)36(32,33)29-25(27(30)31)16-21-17-28-24-7-5-4-6-23(21)24/h4-7,10-13,15,17-18,25,28-29H,2-3,14,16H2,1H3,(H,30,31)/t25-/m1/s1. The van der Waals surface area contributed by atoms with Crippen molar-refractivity contribution in [2.75, 3.05) is 6.61 Å². The minimum atomic E-state index is -4.05. The van der Waals surface area contributed by atoms with E-state index in [-0.39, 0.29) is 10.6 Å². The monoisotopic (exact) mass is 522 g/mol. The first-order valence-electron chi connectivity index (χ1n) is 11.5. The minimum absolute atomic E-state index is 0.00870. The molecule has 0 aliphatic carbocycles. The zero-order valence-electron chi connectivity index (χ0n) is 19.7. The van der Waals surface area contributed by atoms with Gasteiger partial charge < -0.3 is 14.8 Å². The van der Waals surface area contributed by atoms with Crippen LogP contribution in [-0.2, 0) is 21.2 Å². The zero-order chi connectivity index (χ0) is 25.5. The highest BCUT2D eigenvalue weighted by atomic mass is 32.2. The average Bonchev–Trinajstić information content (AvgIpc) is 3.51. The predicted octanol–water partition coefficient (Wildman–Crippen LogP) is 4.78. The van der Waals surface area contributed by atoms with Crippen molar-refractivity contribution >= 4 is 38.2 Å². The van der Waals surface area contributed by atoms with Gasteiger partial charge in [-0.05, 0) is 48.4 Å². The topological polar surface area (TPSA) is 108 Å². The number of nitrogens with one attached hydrogen (secondary N) is 2. The molecule has 0 bridgehead atoms. The van der Waals surface area contributed by atoms with Crippen LogP contribution >= 0.6 is 11.3 Å². The Morgan fingerprint density at radius 1 is 1.14 bits per heavy atom. The first-order valence-corrected chi connectivity index (χ1v) is 13.9. The Morgan fingerprint density at radius 3 is 2.64 bits per heavy atom. The van der Waals surface area contributed by atoms with Crippen molar-refractivity contribution in [3.8, 4) is 17.6 Å². The SMILES string of the molecule is CCCCOc1ccc(C#Cc2csc(S(=O)(=O)N[C@H](Cc3c[nH]c4ccccc34)C(=O)O)c2)cc1. The molecule has 7 nitrogen and oxygen atoms in total. The Balaban J connectivity index is 1.44. The summed E-state index contributed by atoms with van der Waals surface area (Å²) in [7, 11) is -4.05. The molecule has 4 rings (SSSR count). The van der Waals surface area contributed by atoms with Gasteiger partial charge in [-0.25, -0.2) is 8.42 Å². The molecule has 36 heavy (non-hydrogen) atoms. The van der Waals surface area contributed by atoms with E-state index in [1.54, 1.807) is 11.6 Å². The maximum atomic E-state index is 12.9. The Bertz CT molecular complexity index is 1510. The third-order valence-electron chi connectivity index (χ3n) is 5.51. The number of carbonyl (C=O) groups is 1. The number of thiophene rings is 1. The summed E-state index contributed by atoms with van der Waals surface area (Å²) >= 11 is 0.997. The molecule has 0 unspecified atom stereocenters. The number of aromatic nitrogens is 1. The van der Waals surface area contributed by atoms with Crippen molar-refractivity contribution in [3.05, 3.63) is 82.9 Å². The van der Waals surface area contributed by atoms with Gasteiger partial charge in [0.25, 0.3) is 10.0 Å². The van der Waals surface area contributed by atoms with Crippen LogP contribution in [0.5, 0.6) is 5.75 Å². The summed E-state index contributed by atoms with van der Waals surface area (Å²) in [4.78, 5) is 14.9. The van der Waals surface area contributed by atoms with Crippen LogP contribution in [0.4, 0.5) is 0 Å². The first-order chi connectivity index (χ1) is 17.4. The highest BCUT2D eigenvalue weighted by Gasteiger charge is 2.27. The minimum Gasteiger partial charge on any atom is -0.494 e. The second-order valence-corrected chi connectivity index (χ2v) is 11.1. The number of hydrogen-bond donors (Lipinski definition) is 3. The summed E-state index contributed by atoms with van der Waals surface area (Å²) in [5.41, 5.74) is 2.89. The van der Waals surface area contributed by atoms with Gasteiger partial charge in [0.2, 0.25) is 0 Å². The van der Waals surface area contributed by atoms with E-state index in [0.29, 0.717) is 12.2 Å². The predicted molar refractivity (Wildman–Crippen MR) is 141 cm³/mol. The molecule has 0 spiro atoms. The fourth-order valence-corrected chi connectivity index (χ4v) is 5.90. The van der Waals surface area contributed by atoms with Gasteiger partial charge >= 0.3 is 5.97 Å². The largest absolute Gasteiger partial charge is 0.494 e. The second kappa shape index (κ2) is 11.4. The summed E-state index contributed by atoms with van der Waals surface area (Å²) in [5, 5.41) is 12.2. The van der Waals surface area contributed by atoms with Gasteiger partial charge in [0.05, 0.1) is 6.61 Å². The van der Waals surface area contributed by atoms with Gasteiger partial charge in [-0.3, -0.25) is 4.79 Å². The Kier molecular flexibility index (Phi) is 8.10. The number of carboxylic acids is 1. The maximum Gasteiger partial charge on any atom is 0.322 e. The molecule has 9 heteroatoms. The number of para-hydroxylation sites is 1. The van der Waals surface area contributed by atoms with E-state index in [1.807, 2.05) is 48.5 Å². The van der Waals surface area contributed by atoms with Crippen molar-refractivity contribution in [1.82, 2.24) is 9.71 Å². The van der Waals surface area contributed by atoms with Crippen LogP contribution in [0.3, 0.4) is 0 Å². The maximum absolute atomic E-state index is 12.9. The smallest absolute Gasteiger partial charge is 0.322 e. The molecule has 2 aromatic carbocycles. The number of benzene rings is 2.